The molecule has 0 saturated carbocycles. The number of anilines is 1. The lowest BCUT2D eigenvalue weighted by atomic mass is 10.1. The fourth-order valence-electron chi connectivity index (χ4n) is 2.13. The molecule has 0 atom stereocenters. The summed E-state index contributed by atoms with van der Waals surface area (Å²) >= 11 is 0. The van der Waals surface area contributed by atoms with E-state index < -0.39 is 0 Å². The van der Waals surface area contributed by atoms with Crippen molar-refractivity contribution in [2.75, 3.05) is 18.0 Å². The van der Waals surface area contributed by atoms with Gasteiger partial charge in [-0.25, -0.2) is 9.97 Å². The van der Waals surface area contributed by atoms with Gasteiger partial charge in [0.25, 0.3) is 0 Å². The van der Waals surface area contributed by atoms with E-state index in [-0.39, 0.29) is 11.9 Å². The van der Waals surface area contributed by atoms with E-state index in [0.717, 1.165) is 37.6 Å². The molecule has 1 fully saturated rings. The summed E-state index contributed by atoms with van der Waals surface area (Å²) in [4.78, 5) is 21.9. The summed E-state index contributed by atoms with van der Waals surface area (Å²) in [5.41, 5.74) is 0. The van der Waals surface area contributed by atoms with Crippen molar-refractivity contribution in [3.05, 3.63) is 30.7 Å². The molecule has 0 unspecified atom stereocenters. The van der Waals surface area contributed by atoms with Gasteiger partial charge in [-0.15, -0.1) is 0 Å². The number of carbonyl (C=O) groups is 1. The number of aryl methyl sites for hydroxylation is 1. The van der Waals surface area contributed by atoms with Gasteiger partial charge in [-0.1, -0.05) is 6.58 Å². The lowest BCUT2D eigenvalue weighted by Gasteiger charge is -2.33. The normalized spacial score (nSPS) is 16.4. The summed E-state index contributed by atoms with van der Waals surface area (Å²) in [6.07, 6.45) is 4.97. The molecule has 5 nitrogen and oxygen atoms in total. The Morgan fingerprint density at radius 3 is 2.89 bits per heavy atom. The first-order valence-electron chi connectivity index (χ1n) is 6.16. The van der Waals surface area contributed by atoms with E-state index in [1.165, 1.54) is 6.08 Å². The van der Waals surface area contributed by atoms with Crippen LogP contribution in [0.4, 0.5) is 5.82 Å². The maximum atomic E-state index is 11.2. The molecule has 2 heterocycles. The highest BCUT2D eigenvalue weighted by Crippen LogP contribution is 2.17. The van der Waals surface area contributed by atoms with Crippen LogP contribution in [0.2, 0.25) is 0 Å². The molecule has 1 amide bonds. The summed E-state index contributed by atoms with van der Waals surface area (Å²) in [6, 6.07) is 2.17. The number of hydrogen-bond donors (Lipinski definition) is 1. The topological polar surface area (TPSA) is 58.1 Å². The average molecular weight is 246 g/mol. The van der Waals surface area contributed by atoms with Crippen molar-refractivity contribution in [3.63, 3.8) is 0 Å². The van der Waals surface area contributed by atoms with Crippen LogP contribution in [0.25, 0.3) is 0 Å². The third-order valence-electron chi connectivity index (χ3n) is 3.11. The highest BCUT2D eigenvalue weighted by Gasteiger charge is 2.20. The Labute approximate surface area is 107 Å². The predicted octanol–water partition coefficient (Wildman–Crippen LogP) is 1.06. The SMILES string of the molecule is C=CC(=O)NC1CCN(c2ccnc(C)n2)CC1. The van der Waals surface area contributed by atoms with Gasteiger partial charge in [0.05, 0.1) is 0 Å². The van der Waals surface area contributed by atoms with Crippen LogP contribution in [0, 0.1) is 6.92 Å². The van der Waals surface area contributed by atoms with E-state index in [2.05, 4.69) is 26.8 Å². The second kappa shape index (κ2) is 5.62. The van der Waals surface area contributed by atoms with E-state index in [1.54, 1.807) is 6.20 Å². The largest absolute Gasteiger partial charge is 0.356 e. The van der Waals surface area contributed by atoms with Crippen molar-refractivity contribution in [1.29, 1.82) is 0 Å². The standard InChI is InChI=1S/C13H18N4O/c1-3-13(18)16-11-5-8-17(9-6-11)12-4-7-14-10(2)15-12/h3-4,7,11H,1,5-6,8-9H2,2H3,(H,16,18). The van der Waals surface area contributed by atoms with Crippen LogP contribution < -0.4 is 10.2 Å². The molecule has 0 aliphatic carbocycles. The van der Waals surface area contributed by atoms with Crippen LogP contribution in [0.5, 0.6) is 0 Å². The lowest BCUT2D eigenvalue weighted by Crippen LogP contribution is -2.44. The molecule has 1 aliphatic rings. The van der Waals surface area contributed by atoms with Crippen LogP contribution >= 0.6 is 0 Å². The first-order valence-corrected chi connectivity index (χ1v) is 6.16. The molecule has 0 aromatic carbocycles. The molecule has 1 aromatic heterocycles. The van der Waals surface area contributed by atoms with E-state index in [4.69, 9.17) is 0 Å². The van der Waals surface area contributed by atoms with Crippen LogP contribution in [-0.2, 0) is 4.79 Å². The quantitative estimate of drug-likeness (QED) is 0.810. The van der Waals surface area contributed by atoms with Crippen LogP contribution in [0.15, 0.2) is 24.9 Å². The van der Waals surface area contributed by atoms with Crippen molar-refractivity contribution in [3.8, 4) is 0 Å². The van der Waals surface area contributed by atoms with Gasteiger partial charge in [0.1, 0.15) is 11.6 Å². The number of aromatic nitrogens is 2. The van der Waals surface area contributed by atoms with Crippen molar-refractivity contribution in [1.82, 2.24) is 15.3 Å². The number of nitrogens with one attached hydrogen (secondary N) is 1. The number of hydrogen-bond acceptors (Lipinski definition) is 4. The monoisotopic (exact) mass is 246 g/mol. The fraction of sp³-hybridized carbons (Fsp3) is 0.462. The highest BCUT2D eigenvalue weighted by atomic mass is 16.1. The molecular formula is C13H18N4O. The van der Waals surface area contributed by atoms with Gasteiger partial charge >= 0.3 is 0 Å². The van der Waals surface area contributed by atoms with Gasteiger partial charge in [0.2, 0.25) is 5.91 Å². The second-order valence-corrected chi connectivity index (χ2v) is 4.44. The first kappa shape index (κ1) is 12.5. The third kappa shape index (κ3) is 3.06. The Kier molecular flexibility index (Phi) is 3.92. The molecule has 0 radical (unpaired) electrons. The Morgan fingerprint density at radius 2 is 2.28 bits per heavy atom. The number of rotatable bonds is 3. The van der Waals surface area contributed by atoms with E-state index in [0.29, 0.717) is 0 Å². The minimum atomic E-state index is -0.0914. The summed E-state index contributed by atoms with van der Waals surface area (Å²) in [7, 11) is 0. The first-order chi connectivity index (χ1) is 8.69. The Balaban J connectivity index is 1.90. The van der Waals surface area contributed by atoms with Gasteiger partial charge in [-0.3, -0.25) is 4.79 Å². The smallest absolute Gasteiger partial charge is 0.243 e. The lowest BCUT2D eigenvalue weighted by molar-refractivity contribution is -0.117. The summed E-state index contributed by atoms with van der Waals surface area (Å²) < 4.78 is 0. The molecule has 96 valence electrons. The highest BCUT2D eigenvalue weighted by molar-refractivity contribution is 5.87. The maximum Gasteiger partial charge on any atom is 0.243 e. The Bertz CT molecular complexity index is 438. The second-order valence-electron chi connectivity index (χ2n) is 4.44. The molecule has 1 aromatic rings. The molecule has 5 heteroatoms. The Hall–Kier alpha value is -1.91. The van der Waals surface area contributed by atoms with Crippen molar-refractivity contribution in [2.24, 2.45) is 0 Å². The fourth-order valence-corrected chi connectivity index (χ4v) is 2.13. The average Bonchev–Trinajstić information content (AvgIpc) is 2.39. The molecule has 1 N–H and O–H groups in total. The molecule has 1 saturated heterocycles. The van der Waals surface area contributed by atoms with E-state index in [1.807, 2.05) is 13.0 Å². The van der Waals surface area contributed by atoms with Crippen molar-refractivity contribution >= 4 is 11.7 Å². The summed E-state index contributed by atoms with van der Waals surface area (Å²) in [6.45, 7) is 7.15. The molecule has 0 spiro atoms. The summed E-state index contributed by atoms with van der Waals surface area (Å²) in [5, 5.41) is 2.94. The zero-order chi connectivity index (χ0) is 13.0. The Morgan fingerprint density at radius 1 is 1.56 bits per heavy atom. The van der Waals surface area contributed by atoms with Gasteiger partial charge in [-0.2, -0.15) is 0 Å². The zero-order valence-corrected chi connectivity index (χ0v) is 10.6. The van der Waals surface area contributed by atoms with Gasteiger partial charge in [-0.05, 0) is 31.9 Å². The molecular weight excluding hydrogens is 228 g/mol. The summed E-state index contributed by atoms with van der Waals surface area (Å²) in [5.74, 6) is 1.66. The molecule has 2 rings (SSSR count). The zero-order valence-electron chi connectivity index (χ0n) is 10.6. The minimum absolute atomic E-state index is 0.0914. The number of amides is 1. The van der Waals surface area contributed by atoms with Crippen LogP contribution in [0.1, 0.15) is 18.7 Å². The predicted molar refractivity (Wildman–Crippen MR) is 70.3 cm³/mol. The van der Waals surface area contributed by atoms with Gasteiger partial charge in [0.15, 0.2) is 0 Å². The minimum Gasteiger partial charge on any atom is -0.356 e. The van der Waals surface area contributed by atoms with Gasteiger partial charge < -0.3 is 10.2 Å². The number of nitrogens with zero attached hydrogens (tertiary/aromatic N) is 3. The van der Waals surface area contributed by atoms with E-state index in [9.17, 15) is 4.79 Å². The molecule has 1 aliphatic heterocycles. The maximum absolute atomic E-state index is 11.2. The van der Waals surface area contributed by atoms with Crippen molar-refractivity contribution in [2.45, 2.75) is 25.8 Å². The van der Waals surface area contributed by atoms with Crippen LogP contribution in [-0.4, -0.2) is 35.0 Å². The number of carbonyl (C=O) groups excluding carboxylic acids is 1. The van der Waals surface area contributed by atoms with Crippen molar-refractivity contribution < 1.29 is 4.79 Å². The molecule has 18 heavy (non-hydrogen) atoms. The number of piperidine rings is 1. The molecule has 0 bridgehead atoms. The van der Waals surface area contributed by atoms with E-state index >= 15 is 0 Å². The van der Waals surface area contributed by atoms with Gasteiger partial charge in [0, 0.05) is 25.3 Å². The third-order valence-corrected chi connectivity index (χ3v) is 3.11. The van der Waals surface area contributed by atoms with Crippen LogP contribution in [0.3, 0.4) is 0 Å².